The van der Waals surface area contributed by atoms with E-state index in [1.54, 1.807) is 10.9 Å². The van der Waals surface area contributed by atoms with Crippen LogP contribution in [0, 0.1) is 13.8 Å². The van der Waals surface area contributed by atoms with Gasteiger partial charge in [-0.15, -0.1) is 8.19 Å². The first-order chi connectivity index (χ1) is 9.22. The van der Waals surface area contributed by atoms with Crippen LogP contribution < -0.4 is 0 Å². The van der Waals surface area contributed by atoms with Crippen LogP contribution in [-0.2, 0) is 0 Å². The number of allylic oxidation sites excluding steroid dienone is 1. The first kappa shape index (κ1) is 12.8. The summed E-state index contributed by atoms with van der Waals surface area (Å²) in [6.45, 7) is 6.82. The summed E-state index contributed by atoms with van der Waals surface area (Å²) in [6.07, 6.45) is 4.95. The average Bonchev–Trinajstić information content (AvgIpc) is 2.93. The molecule has 98 valence electrons. The van der Waals surface area contributed by atoms with Crippen LogP contribution in [0.5, 0.6) is 0 Å². The maximum atomic E-state index is 2.44. The third kappa shape index (κ3) is 2.09. The van der Waals surface area contributed by atoms with E-state index in [4.69, 9.17) is 0 Å². The lowest BCUT2D eigenvalue weighted by Gasteiger charge is -2.16. The molecule has 0 radical (unpaired) electrons. The molecule has 0 spiro atoms. The molecule has 1 aromatic carbocycles. The van der Waals surface area contributed by atoms with Crippen LogP contribution in [0.25, 0.3) is 11.6 Å². The van der Waals surface area contributed by atoms with E-state index in [1.165, 1.54) is 35.1 Å². The third-order valence-electron chi connectivity index (χ3n) is 4.32. The van der Waals surface area contributed by atoms with Crippen molar-refractivity contribution >= 4 is 19.8 Å². The molecule has 3 rings (SSSR count). The van der Waals surface area contributed by atoms with Crippen molar-refractivity contribution in [2.24, 2.45) is 0 Å². The van der Waals surface area contributed by atoms with Gasteiger partial charge in [0.05, 0.1) is 0 Å². The van der Waals surface area contributed by atoms with E-state index < -0.39 is 0 Å². The number of fused-ring (bicyclic) bond motifs is 1. The van der Waals surface area contributed by atoms with Gasteiger partial charge in [-0.05, 0) is 65.3 Å². The topological polar surface area (TPSA) is 0 Å². The SMILES string of the molecule is CCCC1C(c2[pH]cc(C)c2C)=Cc2ccccc21. The molecule has 2 atom stereocenters. The summed E-state index contributed by atoms with van der Waals surface area (Å²) in [5.74, 6) is 3.02. The molecule has 0 bridgehead atoms. The summed E-state index contributed by atoms with van der Waals surface area (Å²) in [6, 6.07) is 8.91. The smallest absolute Gasteiger partial charge is 0.0105 e. The molecular formula is C18H21P. The molecule has 1 heteroatoms. The van der Waals surface area contributed by atoms with Crippen molar-refractivity contribution in [2.75, 3.05) is 0 Å². The zero-order valence-corrected chi connectivity index (χ0v) is 13.0. The Bertz CT molecular complexity index is 631. The van der Waals surface area contributed by atoms with E-state index in [1.807, 2.05) is 0 Å². The highest BCUT2D eigenvalue weighted by Crippen LogP contribution is 2.48. The predicted molar refractivity (Wildman–Crippen MR) is 87.4 cm³/mol. The minimum Gasteiger partial charge on any atom is -0.131 e. The van der Waals surface area contributed by atoms with Gasteiger partial charge < -0.3 is 0 Å². The fourth-order valence-corrected chi connectivity index (χ4v) is 4.54. The molecule has 1 aliphatic carbocycles. The Kier molecular flexibility index (Phi) is 3.37. The van der Waals surface area contributed by atoms with Crippen LogP contribution in [0.2, 0.25) is 0 Å². The number of hydrogen-bond acceptors (Lipinski definition) is 0. The molecule has 0 fully saturated rings. The molecule has 0 nitrogen and oxygen atoms in total. The van der Waals surface area contributed by atoms with Gasteiger partial charge in [0.15, 0.2) is 0 Å². The van der Waals surface area contributed by atoms with Gasteiger partial charge in [0.2, 0.25) is 0 Å². The van der Waals surface area contributed by atoms with Gasteiger partial charge in [0.1, 0.15) is 0 Å². The Morgan fingerprint density at radius 2 is 1.95 bits per heavy atom. The van der Waals surface area contributed by atoms with Crippen molar-refractivity contribution in [3.05, 3.63) is 57.6 Å². The second-order valence-corrected chi connectivity index (χ2v) is 6.62. The van der Waals surface area contributed by atoms with E-state index in [2.05, 4.69) is 56.9 Å². The molecule has 0 N–H and O–H groups in total. The molecule has 2 aromatic rings. The lowest BCUT2D eigenvalue weighted by molar-refractivity contribution is 0.738. The lowest BCUT2D eigenvalue weighted by atomic mass is 9.89. The van der Waals surface area contributed by atoms with Crippen LogP contribution in [-0.4, -0.2) is 0 Å². The van der Waals surface area contributed by atoms with Gasteiger partial charge in [-0.1, -0.05) is 37.6 Å². The molecule has 0 amide bonds. The van der Waals surface area contributed by atoms with Crippen LogP contribution >= 0.6 is 8.19 Å². The molecule has 0 saturated carbocycles. The second-order valence-electron chi connectivity index (χ2n) is 5.54. The summed E-state index contributed by atoms with van der Waals surface area (Å²) in [5.41, 5.74) is 7.55. The largest absolute Gasteiger partial charge is 0.131 e. The lowest BCUT2D eigenvalue weighted by Crippen LogP contribution is -1.98. The molecule has 0 aliphatic heterocycles. The predicted octanol–water partition coefficient (Wildman–Crippen LogP) is 5.77. The minimum atomic E-state index is 0.623. The first-order valence-corrected chi connectivity index (χ1v) is 8.25. The van der Waals surface area contributed by atoms with Gasteiger partial charge in [-0.25, -0.2) is 0 Å². The van der Waals surface area contributed by atoms with Gasteiger partial charge in [-0.3, -0.25) is 0 Å². The zero-order chi connectivity index (χ0) is 13.4. The second kappa shape index (κ2) is 5.02. The van der Waals surface area contributed by atoms with Crippen LogP contribution in [0.1, 0.15) is 53.2 Å². The number of rotatable bonds is 3. The van der Waals surface area contributed by atoms with Crippen LogP contribution in [0.3, 0.4) is 0 Å². The molecule has 2 unspecified atom stereocenters. The summed E-state index contributed by atoms with van der Waals surface area (Å²) in [7, 11) is 0.862. The van der Waals surface area contributed by atoms with Gasteiger partial charge >= 0.3 is 0 Å². The van der Waals surface area contributed by atoms with Crippen LogP contribution in [0.15, 0.2) is 30.1 Å². The van der Waals surface area contributed by atoms with Crippen molar-refractivity contribution in [3.63, 3.8) is 0 Å². The van der Waals surface area contributed by atoms with Crippen molar-refractivity contribution in [1.82, 2.24) is 0 Å². The van der Waals surface area contributed by atoms with E-state index in [0.717, 1.165) is 8.19 Å². The van der Waals surface area contributed by atoms with Gasteiger partial charge in [0.25, 0.3) is 0 Å². The van der Waals surface area contributed by atoms with E-state index in [0.29, 0.717) is 5.92 Å². The number of aryl methyl sites for hydroxylation is 1. The normalized spacial score (nSPS) is 17.8. The van der Waals surface area contributed by atoms with Crippen LogP contribution in [0.4, 0.5) is 0 Å². The minimum absolute atomic E-state index is 0.623. The summed E-state index contributed by atoms with van der Waals surface area (Å²) < 4.78 is 0. The summed E-state index contributed by atoms with van der Waals surface area (Å²) in [5, 5.41) is 1.60. The Labute approximate surface area is 117 Å². The van der Waals surface area contributed by atoms with Gasteiger partial charge in [0, 0.05) is 5.92 Å². The van der Waals surface area contributed by atoms with E-state index in [-0.39, 0.29) is 0 Å². The molecule has 1 aromatic heterocycles. The molecular weight excluding hydrogens is 247 g/mol. The van der Waals surface area contributed by atoms with E-state index >= 15 is 0 Å². The number of benzene rings is 1. The monoisotopic (exact) mass is 268 g/mol. The Morgan fingerprint density at radius 3 is 2.63 bits per heavy atom. The Hall–Kier alpha value is -1.26. The maximum Gasteiger partial charge on any atom is 0.0105 e. The summed E-state index contributed by atoms with van der Waals surface area (Å²) >= 11 is 0. The fraction of sp³-hybridized carbons (Fsp3) is 0.333. The van der Waals surface area contributed by atoms with Crippen molar-refractivity contribution in [2.45, 2.75) is 39.5 Å². The Balaban J connectivity index is 2.09. The Morgan fingerprint density at radius 1 is 1.16 bits per heavy atom. The molecule has 1 heterocycles. The van der Waals surface area contributed by atoms with Crippen molar-refractivity contribution in [1.29, 1.82) is 0 Å². The highest BCUT2D eigenvalue weighted by molar-refractivity contribution is 7.31. The van der Waals surface area contributed by atoms with Crippen molar-refractivity contribution in [3.8, 4) is 0 Å². The summed E-state index contributed by atoms with van der Waals surface area (Å²) in [4.78, 5) is 0. The highest BCUT2D eigenvalue weighted by atomic mass is 31.0. The molecule has 1 aliphatic rings. The molecule has 19 heavy (non-hydrogen) atoms. The van der Waals surface area contributed by atoms with Crippen molar-refractivity contribution < 1.29 is 0 Å². The first-order valence-electron chi connectivity index (χ1n) is 7.17. The zero-order valence-electron chi connectivity index (χ0n) is 12.0. The fourth-order valence-electron chi connectivity index (χ4n) is 3.14. The standard InChI is InChI=1S/C18H21P/c1-4-7-16-15-9-6-5-8-14(15)10-17(16)18-13(3)12(2)11-19-18/h5-6,8-11,16,19H,4,7H2,1-3H3. The molecule has 0 saturated heterocycles. The third-order valence-corrected chi connectivity index (χ3v) is 5.85. The average molecular weight is 268 g/mol. The quantitative estimate of drug-likeness (QED) is 0.662. The van der Waals surface area contributed by atoms with Gasteiger partial charge in [-0.2, -0.15) is 0 Å². The van der Waals surface area contributed by atoms with E-state index in [9.17, 15) is 0 Å². The highest BCUT2D eigenvalue weighted by Gasteiger charge is 2.26. The maximum absolute atomic E-state index is 2.44. The number of hydrogen-bond donors (Lipinski definition) is 0.